The normalized spacial score (nSPS) is 13.4. The van der Waals surface area contributed by atoms with Gasteiger partial charge in [0.05, 0.1) is 18.0 Å². The largest absolute Gasteiger partial charge is 0.437 e. The van der Waals surface area contributed by atoms with E-state index in [0.29, 0.717) is 24.8 Å². The van der Waals surface area contributed by atoms with Gasteiger partial charge in [0.1, 0.15) is 5.54 Å². The Morgan fingerprint density at radius 1 is 1.12 bits per heavy atom. The number of amides is 2. The molecule has 0 saturated heterocycles. The SMILES string of the molecule is CCC(CC)(NC(=O)c1ccccc1)C(=O)N[C@@H](CC(C)C)C(=O)c1nn(CC(C)Cl)c(=O)o1. The van der Waals surface area contributed by atoms with Gasteiger partial charge in [-0.15, -0.1) is 16.7 Å². The smallest absolute Gasteiger partial charge is 0.384 e. The van der Waals surface area contributed by atoms with E-state index in [9.17, 15) is 19.2 Å². The Kier molecular flexibility index (Phi) is 9.61. The molecule has 1 heterocycles. The van der Waals surface area contributed by atoms with Crippen molar-refractivity contribution in [1.82, 2.24) is 20.4 Å². The van der Waals surface area contributed by atoms with Gasteiger partial charge in [0, 0.05) is 5.56 Å². The van der Waals surface area contributed by atoms with Crippen LogP contribution in [0.3, 0.4) is 0 Å². The predicted octanol–water partition coefficient (Wildman–Crippen LogP) is 3.17. The van der Waals surface area contributed by atoms with Crippen molar-refractivity contribution in [3.8, 4) is 0 Å². The number of hydrogen-bond acceptors (Lipinski definition) is 6. The van der Waals surface area contributed by atoms with E-state index in [4.69, 9.17) is 16.0 Å². The van der Waals surface area contributed by atoms with E-state index in [0.717, 1.165) is 4.68 Å². The van der Waals surface area contributed by atoms with Crippen LogP contribution in [0.2, 0.25) is 0 Å². The number of Topliss-reactive ketones (excluding diaryl/α,β-unsaturated/α-hetero) is 1. The zero-order valence-electron chi connectivity index (χ0n) is 20.3. The number of carbonyl (C=O) groups excluding carboxylic acids is 3. The van der Waals surface area contributed by atoms with Gasteiger partial charge >= 0.3 is 5.76 Å². The molecular formula is C24H33ClN4O5. The summed E-state index contributed by atoms with van der Waals surface area (Å²) in [4.78, 5) is 51.4. The van der Waals surface area contributed by atoms with Gasteiger partial charge in [0.25, 0.3) is 11.8 Å². The van der Waals surface area contributed by atoms with Crippen molar-refractivity contribution in [3.05, 3.63) is 52.3 Å². The Bertz CT molecular complexity index is 1040. The van der Waals surface area contributed by atoms with Gasteiger partial charge < -0.3 is 15.1 Å². The zero-order chi connectivity index (χ0) is 25.5. The highest BCUT2D eigenvalue weighted by Crippen LogP contribution is 2.19. The van der Waals surface area contributed by atoms with E-state index in [-0.39, 0.29) is 29.6 Å². The lowest BCUT2D eigenvalue weighted by atomic mass is 9.89. The van der Waals surface area contributed by atoms with E-state index in [1.54, 1.807) is 51.1 Å². The quantitative estimate of drug-likeness (QED) is 0.346. The second-order valence-electron chi connectivity index (χ2n) is 8.77. The predicted molar refractivity (Wildman–Crippen MR) is 129 cm³/mol. The summed E-state index contributed by atoms with van der Waals surface area (Å²) in [7, 11) is 0. The lowest BCUT2D eigenvalue weighted by Gasteiger charge is -2.33. The number of benzene rings is 1. The molecule has 0 aliphatic rings. The van der Waals surface area contributed by atoms with Gasteiger partial charge in [0.2, 0.25) is 11.7 Å². The molecule has 0 saturated carbocycles. The second kappa shape index (κ2) is 12.0. The van der Waals surface area contributed by atoms with E-state index in [1.807, 2.05) is 13.8 Å². The number of halogens is 1. The van der Waals surface area contributed by atoms with Crippen LogP contribution in [0, 0.1) is 5.92 Å². The third-order valence-electron chi connectivity index (χ3n) is 5.60. The summed E-state index contributed by atoms with van der Waals surface area (Å²) in [5.74, 6) is -2.63. The summed E-state index contributed by atoms with van der Waals surface area (Å²) in [6.45, 7) is 9.16. The summed E-state index contributed by atoms with van der Waals surface area (Å²) in [6.07, 6.45) is 0.921. The van der Waals surface area contributed by atoms with Crippen molar-refractivity contribution in [2.75, 3.05) is 0 Å². The third kappa shape index (κ3) is 6.79. The fourth-order valence-electron chi connectivity index (χ4n) is 3.59. The van der Waals surface area contributed by atoms with Crippen LogP contribution in [0.1, 0.15) is 74.9 Å². The molecular weight excluding hydrogens is 460 g/mol. The fourth-order valence-corrected chi connectivity index (χ4v) is 3.72. The molecule has 34 heavy (non-hydrogen) atoms. The van der Waals surface area contributed by atoms with Gasteiger partial charge in [-0.2, -0.15) is 4.68 Å². The van der Waals surface area contributed by atoms with Gasteiger partial charge in [-0.25, -0.2) is 4.79 Å². The molecule has 0 fully saturated rings. The van der Waals surface area contributed by atoms with E-state index < -0.39 is 29.0 Å². The topological polar surface area (TPSA) is 123 Å². The van der Waals surface area contributed by atoms with Crippen LogP contribution in [0.25, 0.3) is 0 Å². The number of aromatic nitrogens is 2. The average Bonchev–Trinajstić information content (AvgIpc) is 3.16. The van der Waals surface area contributed by atoms with Gasteiger partial charge in [0.15, 0.2) is 0 Å². The molecule has 2 amide bonds. The zero-order valence-corrected chi connectivity index (χ0v) is 21.0. The maximum absolute atomic E-state index is 13.4. The first-order valence-electron chi connectivity index (χ1n) is 11.5. The van der Waals surface area contributed by atoms with Crippen molar-refractivity contribution < 1.29 is 18.8 Å². The summed E-state index contributed by atoms with van der Waals surface area (Å²) >= 11 is 5.92. The van der Waals surface area contributed by atoms with Gasteiger partial charge in [-0.05, 0) is 44.2 Å². The highest BCUT2D eigenvalue weighted by molar-refractivity contribution is 6.20. The molecule has 2 rings (SSSR count). The Morgan fingerprint density at radius 2 is 1.74 bits per heavy atom. The molecule has 0 radical (unpaired) electrons. The van der Waals surface area contributed by atoms with Crippen LogP contribution in [0.5, 0.6) is 0 Å². The maximum Gasteiger partial charge on any atom is 0.437 e. The van der Waals surface area contributed by atoms with Gasteiger partial charge in [-0.3, -0.25) is 14.4 Å². The Balaban J connectivity index is 2.29. The molecule has 0 aliphatic carbocycles. The fraction of sp³-hybridized carbons (Fsp3) is 0.542. The molecule has 1 aromatic carbocycles. The number of nitrogens with zero attached hydrogens (tertiary/aromatic N) is 2. The molecule has 2 N–H and O–H groups in total. The van der Waals surface area contributed by atoms with Crippen LogP contribution in [-0.4, -0.2) is 44.3 Å². The highest BCUT2D eigenvalue weighted by atomic mass is 35.5. The number of alkyl halides is 1. The van der Waals surface area contributed by atoms with Crippen molar-refractivity contribution >= 4 is 29.2 Å². The minimum atomic E-state index is -1.23. The molecule has 0 aliphatic heterocycles. The number of nitrogens with one attached hydrogen (secondary N) is 2. The van der Waals surface area contributed by atoms with Crippen LogP contribution in [0.4, 0.5) is 0 Å². The number of hydrogen-bond donors (Lipinski definition) is 2. The van der Waals surface area contributed by atoms with Crippen molar-refractivity contribution in [1.29, 1.82) is 0 Å². The first-order chi connectivity index (χ1) is 16.0. The highest BCUT2D eigenvalue weighted by Gasteiger charge is 2.39. The Labute approximate surface area is 204 Å². The van der Waals surface area contributed by atoms with Crippen molar-refractivity contribution in [2.24, 2.45) is 5.92 Å². The first-order valence-corrected chi connectivity index (χ1v) is 11.9. The van der Waals surface area contributed by atoms with Gasteiger partial charge in [-0.1, -0.05) is 45.9 Å². The summed E-state index contributed by atoms with van der Waals surface area (Å²) in [5, 5.41) is 9.19. The standard InChI is InChI=1S/C24H33ClN4O5/c1-6-24(7-2,27-20(31)17-11-9-8-10-12-17)22(32)26-18(13-15(3)4)19(30)21-28-29(14-16(5)25)23(33)34-21/h8-12,15-16,18H,6-7,13-14H2,1-5H3,(H,26,32)(H,27,31)/t16?,18-/m0/s1. The number of rotatable bonds is 12. The molecule has 1 aromatic heterocycles. The molecule has 2 aromatic rings. The Morgan fingerprint density at radius 3 is 2.26 bits per heavy atom. The summed E-state index contributed by atoms with van der Waals surface area (Å²) in [6, 6.07) is 7.61. The van der Waals surface area contributed by atoms with E-state index in [1.165, 1.54) is 0 Å². The second-order valence-corrected chi connectivity index (χ2v) is 9.51. The van der Waals surface area contributed by atoms with Crippen molar-refractivity contribution in [3.63, 3.8) is 0 Å². The lowest BCUT2D eigenvalue weighted by molar-refractivity contribution is -0.128. The van der Waals surface area contributed by atoms with Crippen LogP contribution in [0.15, 0.2) is 39.5 Å². The Hall–Kier alpha value is -2.94. The molecule has 2 atom stereocenters. The maximum atomic E-state index is 13.4. The minimum absolute atomic E-state index is 0.0440. The molecule has 10 heteroatoms. The van der Waals surface area contributed by atoms with Crippen molar-refractivity contribution in [2.45, 2.75) is 77.4 Å². The third-order valence-corrected chi connectivity index (χ3v) is 5.74. The number of carbonyl (C=O) groups is 3. The molecule has 9 nitrogen and oxygen atoms in total. The monoisotopic (exact) mass is 492 g/mol. The molecule has 186 valence electrons. The van der Waals surface area contributed by atoms with Crippen LogP contribution >= 0.6 is 11.6 Å². The molecule has 0 bridgehead atoms. The first kappa shape index (κ1) is 27.3. The van der Waals surface area contributed by atoms with Crippen LogP contribution in [-0.2, 0) is 11.3 Å². The lowest BCUT2D eigenvalue weighted by Crippen LogP contribution is -2.60. The molecule has 0 spiro atoms. The number of ketones is 1. The average molecular weight is 493 g/mol. The summed E-state index contributed by atoms with van der Waals surface area (Å²) in [5.41, 5.74) is -0.798. The molecule has 1 unspecified atom stereocenters. The van der Waals surface area contributed by atoms with E-state index >= 15 is 0 Å². The minimum Gasteiger partial charge on any atom is -0.384 e. The summed E-state index contributed by atoms with van der Waals surface area (Å²) < 4.78 is 6.04. The van der Waals surface area contributed by atoms with E-state index in [2.05, 4.69) is 15.7 Å². The van der Waals surface area contributed by atoms with Crippen LogP contribution < -0.4 is 16.4 Å².